The summed E-state index contributed by atoms with van der Waals surface area (Å²) < 4.78 is 0. The van der Waals surface area contributed by atoms with Gasteiger partial charge >= 0.3 is 6.03 Å². The molecule has 26 heavy (non-hydrogen) atoms. The Morgan fingerprint density at radius 2 is 1.62 bits per heavy atom. The molecule has 0 unspecified atom stereocenters. The summed E-state index contributed by atoms with van der Waals surface area (Å²) in [5, 5.41) is 4.27. The molecular weight excluding hydrogens is 346 g/mol. The molecule has 0 atom stereocenters. The lowest BCUT2D eigenvalue weighted by Crippen LogP contribution is -2.63. The van der Waals surface area contributed by atoms with E-state index in [4.69, 9.17) is 11.6 Å². The van der Waals surface area contributed by atoms with Crippen LogP contribution < -0.4 is 10.2 Å². The number of anilines is 1. The summed E-state index contributed by atoms with van der Waals surface area (Å²) in [7, 11) is 0. The van der Waals surface area contributed by atoms with E-state index < -0.39 is 0 Å². The Bertz CT molecular complexity index is 663. The highest BCUT2D eigenvalue weighted by atomic mass is 35.5. The van der Waals surface area contributed by atoms with Crippen molar-refractivity contribution in [3.63, 3.8) is 0 Å². The van der Waals surface area contributed by atoms with E-state index in [9.17, 15) is 4.79 Å². The van der Waals surface area contributed by atoms with Crippen molar-refractivity contribution >= 4 is 23.3 Å². The Balaban J connectivity index is 1.20. The predicted molar refractivity (Wildman–Crippen MR) is 105 cm³/mol. The number of carbonyl (C=O) groups is 1. The summed E-state index contributed by atoms with van der Waals surface area (Å²) in [5.41, 5.74) is 1.26. The van der Waals surface area contributed by atoms with E-state index in [1.165, 1.54) is 38.5 Å². The Morgan fingerprint density at radius 3 is 2.19 bits per heavy atom. The zero-order chi connectivity index (χ0) is 17.7. The maximum Gasteiger partial charge on any atom is 0.317 e. The van der Waals surface area contributed by atoms with Gasteiger partial charge in [0.1, 0.15) is 0 Å². The molecule has 0 spiro atoms. The number of amides is 2. The molecule has 0 aromatic heterocycles. The first-order chi connectivity index (χ1) is 12.6. The Kier molecular flexibility index (Phi) is 4.07. The Morgan fingerprint density at radius 1 is 1.00 bits per heavy atom. The molecule has 1 heterocycles. The second-order valence-corrected chi connectivity index (χ2v) is 9.52. The molecule has 0 radical (unpaired) electrons. The van der Waals surface area contributed by atoms with E-state index in [1.54, 1.807) is 0 Å². The quantitative estimate of drug-likeness (QED) is 0.845. The molecule has 5 heteroatoms. The standard InChI is InChI=1S/C21H28ClN3O/c22-18-2-1-3-19(11-18)24-4-6-25(7-5-24)20(26)23-21-12-15-8-16(13-21)10-17(9-15)14-21/h1-3,11,15-17H,4-10,12-14H2,(H,23,26). The number of urea groups is 1. The molecule has 5 aliphatic rings. The minimum Gasteiger partial charge on any atom is -0.368 e. The van der Waals surface area contributed by atoms with Gasteiger partial charge in [0.15, 0.2) is 0 Å². The van der Waals surface area contributed by atoms with E-state index in [0.717, 1.165) is 54.6 Å². The average molecular weight is 374 g/mol. The number of halogens is 1. The summed E-state index contributed by atoms with van der Waals surface area (Å²) in [5.74, 6) is 2.59. The number of nitrogens with one attached hydrogen (secondary N) is 1. The van der Waals surface area contributed by atoms with Crippen molar-refractivity contribution in [1.82, 2.24) is 10.2 Å². The van der Waals surface area contributed by atoms with Crippen LogP contribution in [-0.2, 0) is 0 Å². The van der Waals surface area contributed by atoms with Crippen LogP contribution in [0.5, 0.6) is 0 Å². The molecule has 1 aliphatic heterocycles. The predicted octanol–water partition coefficient (Wildman–Crippen LogP) is 4.14. The van der Waals surface area contributed by atoms with Gasteiger partial charge in [-0.15, -0.1) is 0 Å². The molecule has 2 amide bonds. The van der Waals surface area contributed by atoms with Gasteiger partial charge in [0.2, 0.25) is 0 Å². The van der Waals surface area contributed by atoms with Crippen molar-refractivity contribution in [2.24, 2.45) is 17.8 Å². The SMILES string of the molecule is O=C(NC12CC3CC(CC(C3)C1)C2)N1CCN(c2cccc(Cl)c2)CC1. The van der Waals surface area contributed by atoms with Crippen LogP contribution in [0.25, 0.3) is 0 Å². The molecule has 4 saturated carbocycles. The number of rotatable bonds is 2. The van der Waals surface area contributed by atoms with E-state index in [0.29, 0.717) is 0 Å². The largest absolute Gasteiger partial charge is 0.368 e. The van der Waals surface area contributed by atoms with Crippen LogP contribution in [0.4, 0.5) is 10.5 Å². The van der Waals surface area contributed by atoms with Crippen molar-refractivity contribution in [3.05, 3.63) is 29.3 Å². The maximum absolute atomic E-state index is 13.0. The normalized spacial score (nSPS) is 35.7. The third-order valence-corrected chi connectivity index (χ3v) is 7.39. The molecule has 1 saturated heterocycles. The molecule has 6 rings (SSSR count). The lowest BCUT2D eigenvalue weighted by molar-refractivity contribution is -0.0157. The van der Waals surface area contributed by atoms with Gasteiger partial charge in [-0.2, -0.15) is 0 Å². The van der Waals surface area contributed by atoms with Gasteiger partial charge in [0, 0.05) is 42.4 Å². The van der Waals surface area contributed by atoms with E-state index in [-0.39, 0.29) is 11.6 Å². The zero-order valence-corrected chi connectivity index (χ0v) is 16.0. The van der Waals surface area contributed by atoms with E-state index >= 15 is 0 Å². The number of hydrogen-bond donors (Lipinski definition) is 1. The molecule has 4 bridgehead atoms. The van der Waals surface area contributed by atoms with E-state index in [2.05, 4.69) is 16.3 Å². The molecule has 4 nitrogen and oxygen atoms in total. The number of benzene rings is 1. The highest BCUT2D eigenvalue weighted by Crippen LogP contribution is 2.55. The van der Waals surface area contributed by atoms with Gasteiger partial charge < -0.3 is 15.1 Å². The minimum absolute atomic E-state index is 0.107. The van der Waals surface area contributed by atoms with Crippen molar-refractivity contribution in [2.75, 3.05) is 31.1 Å². The van der Waals surface area contributed by atoms with Gasteiger partial charge in [-0.3, -0.25) is 0 Å². The average Bonchev–Trinajstić information content (AvgIpc) is 2.60. The van der Waals surface area contributed by atoms with Crippen molar-refractivity contribution in [2.45, 2.75) is 44.1 Å². The van der Waals surface area contributed by atoms with Crippen molar-refractivity contribution < 1.29 is 4.79 Å². The topological polar surface area (TPSA) is 35.6 Å². The third kappa shape index (κ3) is 3.06. The lowest BCUT2D eigenvalue weighted by atomic mass is 9.53. The van der Waals surface area contributed by atoms with E-state index in [1.807, 2.05) is 23.1 Å². The molecule has 140 valence electrons. The van der Waals surface area contributed by atoms with Crippen LogP contribution in [0.15, 0.2) is 24.3 Å². The van der Waals surface area contributed by atoms with Gasteiger partial charge in [0.25, 0.3) is 0 Å². The molecule has 1 N–H and O–H groups in total. The van der Waals surface area contributed by atoms with Crippen LogP contribution in [0.2, 0.25) is 5.02 Å². The van der Waals surface area contributed by atoms with Crippen LogP contribution in [0.3, 0.4) is 0 Å². The Hall–Kier alpha value is -1.42. The van der Waals surface area contributed by atoms with Crippen LogP contribution in [0, 0.1) is 17.8 Å². The lowest BCUT2D eigenvalue weighted by Gasteiger charge is -2.57. The fourth-order valence-electron chi connectivity index (χ4n) is 6.41. The molecule has 1 aromatic carbocycles. The summed E-state index contributed by atoms with van der Waals surface area (Å²) in [4.78, 5) is 17.3. The number of nitrogens with zero attached hydrogens (tertiary/aromatic N) is 2. The first-order valence-corrected chi connectivity index (χ1v) is 10.5. The smallest absolute Gasteiger partial charge is 0.317 e. The molecule has 1 aromatic rings. The second-order valence-electron chi connectivity index (χ2n) is 9.08. The van der Waals surface area contributed by atoms with Crippen molar-refractivity contribution in [3.8, 4) is 0 Å². The van der Waals surface area contributed by atoms with Gasteiger partial charge in [0.05, 0.1) is 0 Å². The second kappa shape index (κ2) is 6.33. The first kappa shape index (κ1) is 16.7. The number of hydrogen-bond acceptors (Lipinski definition) is 2. The Labute approximate surface area is 160 Å². The molecule has 4 aliphatic carbocycles. The zero-order valence-electron chi connectivity index (χ0n) is 15.3. The summed E-state index contributed by atoms with van der Waals surface area (Å²) in [6.45, 7) is 3.30. The molecular formula is C21H28ClN3O. The number of piperazine rings is 1. The first-order valence-electron chi connectivity index (χ1n) is 10.2. The fourth-order valence-corrected chi connectivity index (χ4v) is 6.59. The van der Waals surface area contributed by atoms with Gasteiger partial charge in [-0.1, -0.05) is 17.7 Å². The van der Waals surface area contributed by atoms with Crippen LogP contribution >= 0.6 is 11.6 Å². The minimum atomic E-state index is 0.107. The monoisotopic (exact) mass is 373 g/mol. The summed E-state index contributed by atoms with van der Waals surface area (Å²) >= 11 is 6.11. The summed E-state index contributed by atoms with van der Waals surface area (Å²) in [6, 6.07) is 8.16. The van der Waals surface area contributed by atoms with Gasteiger partial charge in [-0.25, -0.2) is 4.79 Å². The highest BCUT2D eigenvalue weighted by molar-refractivity contribution is 6.30. The van der Waals surface area contributed by atoms with Crippen LogP contribution in [0.1, 0.15) is 38.5 Å². The van der Waals surface area contributed by atoms with Crippen molar-refractivity contribution in [1.29, 1.82) is 0 Å². The maximum atomic E-state index is 13.0. The highest BCUT2D eigenvalue weighted by Gasteiger charge is 2.51. The summed E-state index contributed by atoms with van der Waals surface area (Å²) in [6.07, 6.45) is 7.88. The van der Waals surface area contributed by atoms with Gasteiger partial charge in [-0.05, 0) is 74.5 Å². The van der Waals surface area contributed by atoms with Crippen LogP contribution in [-0.4, -0.2) is 42.6 Å². The molecule has 5 fully saturated rings. The number of carbonyl (C=O) groups excluding carboxylic acids is 1. The third-order valence-electron chi connectivity index (χ3n) is 7.15. The fraction of sp³-hybridized carbons (Fsp3) is 0.667.